The molecular formula is C13H18ClNO3. The van der Waals surface area contributed by atoms with E-state index in [4.69, 9.17) is 21.2 Å². The normalized spacial score (nSPS) is 10.2. The average molecular weight is 272 g/mol. The Balaban J connectivity index is 2.32. The van der Waals surface area contributed by atoms with Crippen LogP contribution in [0.25, 0.3) is 0 Å². The molecule has 1 rings (SSSR count). The highest BCUT2D eigenvalue weighted by Crippen LogP contribution is 2.21. The van der Waals surface area contributed by atoms with E-state index in [1.807, 2.05) is 19.1 Å². The van der Waals surface area contributed by atoms with Crippen LogP contribution in [0, 0.1) is 6.92 Å². The van der Waals surface area contributed by atoms with Crippen molar-refractivity contribution >= 4 is 17.5 Å². The molecular weight excluding hydrogens is 254 g/mol. The lowest BCUT2D eigenvalue weighted by atomic mass is 10.2. The molecule has 0 bridgehead atoms. The van der Waals surface area contributed by atoms with Crippen LogP contribution in [0.5, 0.6) is 5.75 Å². The first-order valence-electron chi connectivity index (χ1n) is 5.74. The number of amides is 1. The van der Waals surface area contributed by atoms with Crippen molar-refractivity contribution in [1.29, 1.82) is 0 Å². The number of ether oxygens (including phenoxy) is 1. The van der Waals surface area contributed by atoms with Crippen molar-refractivity contribution < 1.29 is 14.4 Å². The van der Waals surface area contributed by atoms with E-state index in [-0.39, 0.29) is 5.91 Å². The summed E-state index contributed by atoms with van der Waals surface area (Å²) in [7, 11) is 3.05. The van der Waals surface area contributed by atoms with Gasteiger partial charge < -0.3 is 4.74 Å². The highest BCUT2D eigenvalue weighted by Gasteiger charge is 2.07. The zero-order valence-corrected chi connectivity index (χ0v) is 11.7. The van der Waals surface area contributed by atoms with Crippen molar-refractivity contribution in [2.75, 3.05) is 20.8 Å². The highest BCUT2D eigenvalue weighted by molar-refractivity contribution is 6.30. The van der Waals surface area contributed by atoms with Crippen molar-refractivity contribution in [3.8, 4) is 5.75 Å². The van der Waals surface area contributed by atoms with E-state index in [2.05, 4.69) is 0 Å². The fourth-order valence-corrected chi connectivity index (χ4v) is 1.67. The summed E-state index contributed by atoms with van der Waals surface area (Å²) >= 11 is 5.85. The number of carbonyl (C=O) groups is 1. The summed E-state index contributed by atoms with van der Waals surface area (Å²) in [5.74, 6) is 0.737. The predicted octanol–water partition coefficient (Wildman–Crippen LogP) is 2.83. The van der Waals surface area contributed by atoms with E-state index in [1.54, 1.807) is 13.1 Å². The van der Waals surface area contributed by atoms with Gasteiger partial charge in [-0.2, -0.15) is 0 Å². The van der Waals surface area contributed by atoms with Crippen LogP contribution in [0.2, 0.25) is 5.02 Å². The Morgan fingerprint density at radius 3 is 2.78 bits per heavy atom. The van der Waals surface area contributed by atoms with E-state index in [0.29, 0.717) is 24.5 Å². The molecule has 0 fully saturated rings. The molecule has 0 saturated carbocycles. The molecule has 0 heterocycles. The van der Waals surface area contributed by atoms with Crippen LogP contribution in [0.4, 0.5) is 0 Å². The van der Waals surface area contributed by atoms with Gasteiger partial charge in [0.2, 0.25) is 5.91 Å². The van der Waals surface area contributed by atoms with E-state index >= 15 is 0 Å². The second-order valence-electron chi connectivity index (χ2n) is 3.94. The number of hydrogen-bond donors (Lipinski definition) is 0. The molecule has 0 saturated heterocycles. The molecule has 0 N–H and O–H groups in total. The summed E-state index contributed by atoms with van der Waals surface area (Å²) in [4.78, 5) is 16.2. The molecule has 18 heavy (non-hydrogen) atoms. The lowest BCUT2D eigenvalue weighted by molar-refractivity contribution is -0.168. The molecule has 1 aromatic carbocycles. The number of aryl methyl sites for hydroxylation is 1. The van der Waals surface area contributed by atoms with Gasteiger partial charge >= 0.3 is 0 Å². The van der Waals surface area contributed by atoms with E-state index in [0.717, 1.165) is 11.3 Å². The molecule has 0 aliphatic carbocycles. The van der Waals surface area contributed by atoms with E-state index < -0.39 is 0 Å². The summed E-state index contributed by atoms with van der Waals surface area (Å²) < 4.78 is 5.59. The Bertz CT molecular complexity index is 409. The number of benzene rings is 1. The Morgan fingerprint density at radius 2 is 2.17 bits per heavy atom. The van der Waals surface area contributed by atoms with Crippen LogP contribution in [0.1, 0.15) is 18.4 Å². The molecule has 0 radical (unpaired) electrons. The monoisotopic (exact) mass is 271 g/mol. The Hall–Kier alpha value is -1.26. The summed E-state index contributed by atoms with van der Waals surface area (Å²) in [5.41, 5.74) is 0.989. The van der Waals surface area contributed by atoms with Crippen molar-refractivity contribution in [3.63, 3.8) is 0 Å². The molecule has 4 nitrogen and oxygen atoms in total. The Kier molecular flexibility index (Phi) is 5.95. The van der Waals surface area contributed by atoms with Crippen LogP contribution in [-0.4, -0.2) is 31.7 Å². The fraction of sp³-hybridized carbons (Fsp3) is 0.462. The van der Waals surface area contributed by atoms with Crippen LogP contribution < -0.4 is 4.74 Å². The van der Waals surface area contributed by atoms with Gasteiger partial charge in [0.1, 0.15) is 5.75 Å². The molecule has 1 amide bonds. The van der Waals surface area contributed by atoms with Crippen LogP contribution >= 0.6 is 11.6 Å². The predicted molar refractivity (Wildman–Crippen MR) is 70.7 cm³/mol. The van der Waals surface area contributed by atoms with Crippen LogP contribution in [-0.2, 0) is 9.63 Å². The van der Waals surface area contributed by atoms with E-state index in [1.165, 1.54) is 12.2 Å². The van der Waals surface area contributed by atoms with Gasteiger partial charge in [0, 0.05) is 18.5 Å². The van der Waals surface area contributed by atoms with Gasteiger partial charge in [-0.15, -0.1) is 0 Å². The number of carbonyl (C=O) groups excluding carboxylic acids is 1. The molecule has 100 valence electrons. The highest BCUT2D eigenvalue weighted by atomic mass is 35.5. The van der Waals surface area contributed by atoms with Crippen LogP contribution in [0.15, 0.2) is 18.2 Å². The third-order valence-corrected chi connectivity index (χ3v) is 2.79. The Labute approximate surface area is 112 Å². The van der Waals surface area contributed by atoms with E-state index in [9.17, 15) is 4.79 Å². The molecule has 0 unspecified atom stereocenters. The fourth-order valence-electron chi connectivity index (χ4n) is 1.44. The minimum atomic E-state index is -0.0612. The van der Waals surface area contributed by atoms with Crippen molar-refractivity contribution in [1.82, 2.24) is 5.06 Å². The molecule has 1 aromatic rings. The van der Waals surface area contributed by atoms with Gasteiger partial charge in [-0.3, -0.25) is 9.63 Å². The topological polar surface area (TPSA) is 38.8 Å². The maximum atomic E-state index is 11.4. The van der Waals surface area contributed by atoms with Gasteiger partial charge in [0.25, 0.3) is 0 Å². The SMILES string of the molecule is CON(C)C(=O)CCCOc1ccc(Cl)cc1C. The van der Waals surface area contributed by atoms with Crippen LogP contribution in [0.3, 0.4) is 0 Å². The maximum absolute atomic E-state index is 11.4. The zero-order valence-electron chi connectivity index (χ0n) is 10.9. The van der Waals surface area contributed by atoms with Crippen molar-refractivity contribution in [2.45, 2.75) is 19.8 Å². The smallest absolute Gasteiger partial charge is 0.245 e. The number of nitrogens with zero attached hydrogens (tertiary/aromatic N) is 1. The van der Waals surface area contributed by atoms with Gasteiger partial charge in [-0.05, 0) is 37.1 Å². The lowest BCUT2D eigenvalue weighted by Crippen LogP contribution is -2.25. The zero-order chi connectivity index (χ0) is 13.5. The average Bonchev–Trinajstić information content (AvgIpc) is 2.35. The lowest BCUT2D eigenvalue weighted by Gasteiger charge is -2.13. The summed E-state index contributed by atoms with van der Waals surface area (Å²) in [6.45, 7) is 2.43. The maximum Gasteiger partial charge on any atom is 0.245 e. The van der Waals surface area contributed by atoms with Crippen molar-refractivity contribution in [3.05, 3.63) is 28.8 Å². The minimum Gasteiger partial charge on any atom is -0.493 e. The Morgan fingerprint density at radius 1 is 1.44 bits per heavy atom. The standard InChI is InChI=1S/C13H18ClNO3/c1-10-9-11(14)6-7-12(10)18-8-4-5-13(16)15(2)17-3/h6-7,9H,4-5,8H2,1-3H3. The molecule has 0 aromatic heterocycles. The number of rotatable bonds is 6. The number of hydrogen-bond acceptors (Lipinski definition) is 3. The first-order chi connectivity index (χ1) is 8.54. The summed E-state index contributed by atoms with van der Waals surface area (Å²) in [6, 6.07) is 5.47. The third kappa shape index (κ3) is 4.55. The van der Waals surface area contributed by atoms with Gasteiger partial charge in [-0.25, -0.2) is 5.06 Å². The first-order valence-corrected chi connectivity index (χ1v) is 6.12. The number of halogens is 1. The molecule has 5 heteroatoms. The number of hydroxylamine groups is 2. The van der Waals surface area contributed by atoms with Gasteiger partial charge in [-0.1, -0.05) is 11.6 Å². The van der Waals surface area contributed by atoms with Gasteiger partial charge in [0.05, 0.1) is 13.7 Å². The van der Waals surface area contributed by atoms with Gasteiger partial charge in [0.15, 0.2) is 0 Å². The largest absolute Gasteiger partial charge is 0.493 e. The molecule has 0 spiro atoms. The second kappa shape index (κ2) is 7.24. The first kappa shape index (κ1) is 14.8. The quantitative estimate of drug-likeness (QED) is 0.590. The molecule has 0 aliphatic heterocycles. The minimum absolute atomic E-state index is 0.0612. The molecule has 0 aliphatic rings. The molecule has 0 atom stereocenters. The summed E-state index contributed by atoms with van der Waals surface area (Å²) in [6.07, 6.45) is 1.05. The van der Waals surface area contributed by atoms with Crippen molar-refractivity contribution in [2.24, 2.45) is 0 Å². The second-order valence-corrected chi connectivity index (χ2v) is 4.37. The summed E-state index contributed by atoms with van der Waals surface area (Å²) in [5, 5.41) is 1.91. The third-order valence-electron chi connectivity index (χ3n) is 2.55.